The Morgan fingerprint density at radius 2 is 1.41 bits per heavy atom. The third kappa shape index (κ3) is 8.59. The van der Waals surface area contributed by atoms with E-state index in [-0.39, 0.29) is 47.2 Å². The fraction of sp³-hybridized carbons (Fsp3) is 0.528. The van der Waals surface area contributed by atoms with Crippen molar-refractivity contribution in [3.05, 3.63) is 48.0 Å². The van der Waals surface area contributed by atoms with E-state index in [1.165, 1.54) is 0 Å². The maximum absolute atomic E-state index is 13.3. The Morgan fingerprint density at radius 3 is 2.00 bits per heavy atom. The molecule has 10 heteroatoms. The summed E-state index contributed by atoms with van der Waals surface area (Å²) < 4.78 is 12.9. The van der Waals surface area contributed by atoms with Gasteiger partial charge >= 0.3 is 11.9 Å². The zero-order valence-electron chi connectivity index (χ0n) is 27.1. The topological polar surface area (TPSA) is 115 Å². The second kappa shape index (κ2) is 15.8. The number of esters is 2. The van der Waals surface area contributed by atoms with Gasteiger partial charge in [0.1, 0.15) is 23.1 Å². The molecule has 0 aliphatic heterocycles. The van der Waals surface area contributed by atoms with E-state index in [2.05, 4.69) is 18.4 Å². The Hall–Kier alpha value is -3.63. The van der Waals surface area contributed by atoms with Crippen molar-refractivity contribution < 1.29 is 28.7 Å². The van der Waals surface area contributed by atoms with E-state index >= 15 is 0 Å². The highest BCUT2D eigenvalue weighted by molar-refractivity contribution is 7.22. The first-order chi connectivity index (χ1) is 22.2. The molecule has 2 fully saturated rings. The molecule has 9 nitrogen and oxygen atoms in total. The minimum Gasteiger partial charge on any atom is -0.426 e. The van der Waals surface area contributed by atoms with Crippen LogP contribution < -0.4 is 19.9 Å². The Morgan fingerprint density at radius 1 is 0.826 bits per heavy atom. The van der Waals surface area contributed by atoms with Gasteiger partial charge in [0, 0.05) is 30.5 Å². The second-order valence-electron chi connectivity index (χ2n) is 12.7. The summed E-state index contributed by atoms with van der Waals surface area (Å²) in [6.07, 6.45) is 7.28. The summed E-state index contributed by atoms with van der Waals surface area (Å²) in [6, 6.07) is 13.2. The molecule has 0 saturated heterocycles. The van der Waals surface area contributed by atoms with Gasteiger partial charge in [0.15, 0.2) is 0 Å². The van der Waals surface area contributed by atoms with Crippen molar-refractivity contribution in [3.63, 3.8) is 0 Å². The van der Waals surface area contributed by atoms with Crippen molar-refractivity contribution in [1.29, 1.82) is 0 Å². The molecule has 2 aliphatic rings. The molecule has 0 amide bonds. The summed E-state index contributed by atoms with van der Waals surface area (Å²) in [5.41, 5.74) is 5.11. The Kier molecular flexibility index (Phi) is 11.6. The number of aromatic nitrogens is 1. The van der Waals surface area contributed by atoms with Crippen molar-refractivity contribution in [1.82, 2.24) is 10.4 Å². The molecule has 3 aromatic rings. The lowest BCUT2D eigenvalue weighted by atomic mass is 9.80. The van der Waals surface area contributed by atoms with Crippen LogP contribution in [0.2, 0.25) is 0 Å². The first-order valence-electron chi connectivity index (χ1n) is 16.7. The molecule has 5 rings (SSSR count). The van der Waals surface area contributed by atoms with Crippen LogP contribution in [0.4, 0.5) is 5.13 Å². The lowest BCUT2D eigenvalue weighted by molar-refractivity contribution is -0.142. The van der Waals surface area contributed by atoms with Gasteiger partial charge in [0.25, 0.3) is 0 Å². The third-order valence-electron chi connectivity index (χ3n) is 9.44. The number of nitrogens with one attached hydrogen (secondary N) is 1. The molecular weight excluding hydrogens is 602 g/mol. The van der Waals surface area contributed by atoms with E-state index in [0.717, 1.165) is 34.7 Å². The summed E-state index contributed by atoms with van der Waals surface area (Å²) in [7, 11) is 0. The summed E-state index contributed by atoms with van der Waals surface area (Å²) in [5.74, 6) is 0.0939. The lowest BCUT2D eigenvalue weighted by Crippen LogP contribution is -2.38. The smallest absolute Gasteiger partial charge is 0.314 e. The number of anilines is 1. The van der Waals surface area contributed by atoms with Gasteiger partial charge < -0.3 is 9.47 Å². The van der Waals surface area contributed by atoms with Gasteiger partial charge in [-0.2, -0.15) is 0 Å². The number of para-hydroxylation sites is 1. The standard InChI is InChI=1S/C36H45N3O6S/c1-4-5-20-39(36-38-31-8-6-7-9-33(31)46-36)37-22-29-21-30(44-34(42)27-14-10-25(11-15-27)23(2)40)18-19-32(29)45-35(43)28-16-12-26(13-17-28)24(3)41/h6-9,18-19,21,25-28,37H,4-5,10-17,20,22H2,1-3H3. The molecular formula is C36H45N3O6S. The zero-order valence-corrected chi connectivity index (χ0v) is 27.9. The number of hydrogen-bond acceptors (Lipinski definition) is 10. The number of rotatable bonds is 13. The van der Waals surface area contributed by atoms with E-state index < -0.39 is 0 Å². The van der Waals surface area contributed by atoms with Crippen LogP contribution >= 0.6 is 11.3 Å². The number of benzene rings is 2. The Balaban J connectivity index is 1.33. The minimum atomic E-state index is -0.302. The van der Waals surface area contributed by atoms with Crippen LogP contribution in [0, 0.1) is 23.7 Å². The second-order valence-corrected chi connectivity index (χ2v) is 13.7. The van der Waals surface area contributed by atoms with Crippen LogP contribution in [-0.4, -0.2) is 35.0 Å². The number of Topliss-reactive ketones (excluding diaryl/α,β-unsaturated/α-hetero) is 2. The largest absolute Gasteiger partial charge is 0.426 e. The quantitative estimate of drug-likeness (QED) is 0.117. The van der Waals surface area contributed by atoms with Gasteiger partial charge in [-0.1, -0.05) is 36.8 Å². The van der Waals surface area contributed by atoms with Crippen molar-refractivity contribution in [2.24, 2.45) is 23.7 Å². The molecule has 1 heterocycles. The van der Waals surface area contributed by atoms with Crippen molar-refractivity contribution in [3.8, 4) is 11.5 Å². The average Bonchev–Trinajstić information content (AvgIpc) is 3.50. The molecule has 0 atom stereocenters. The molecule has 46 heavy (non-hydrogen) atoms. The predicted octanol–water partition coefficient (Wildman–Crippen LogP) is 7.21. The number of ketones is 2. The Labute approximate surface area is 275 Å². The molecule has 2 saturated carbocycles. The molecule has 0 unspecified atom stereocenters. The highest BCUT2D eigenvalue weighted by Gasteiger charge is 2.31. The molecule has 0 bridgehead atoms. The van der Waals surface area contributed by atoms with Gasteiger partial charge in [0.05, 0.1) is 22.1 Å². The number of ether oxygens (including phenoxy) is 2. The molecule has 1 N–H and O–H groups in total. The molecule has 1 aromatic heterocycles. The normalized spacial score (nSPS) is 21.5. The third-order valence-corrected chi connectivity index (χ3v) is 10.5. The van der Waals surface area contributed by atoms with E-state index in [1.807, 2.05) is 23.2 Å². The van der Waals surface area contributed by atoms with E-state index in [9.17, 15) is 19.2 Å². The zero-order chi connectivity index (χ0) is 32.6. The van der Waals surface area contributed by atoms with E-state index in [1.54, 1.807) is 43.4 Å². The first-order valence-corrected chi connectivity index (χ1v) is 17.5. The SMILES string of the molecule is CCCCN(NCc1cc(OC(=O)C2CCC(C(C)=O)CC2)ccc1OC(=O)C1CCC(C(C)=O)CC1)c1nc2ccccc2s1. The number of carbonyl (C=O) groups excluding carboxylic acids is 4. The number of unbranched alkanes of at least 4 members (excludes halogenated alkanes) is 1. The number of fused-ring (bicyclic) bond motifs is 1. The maximum Gasteiger partial charge on any atom is 0.314 e. The number of thiazole rings is 1. The van der Waals surface area contributed by atoms with Crippen molar-refractivity contribution in [2.75, 3.05) is 11.6 Å². The van der Waals surface area contributed by atoms with Crippen molar-refractivity contribution >= 4 is 50.2 Å². The number of carbonyl (C=O) groups is 4. The molecule has 0 radical (unpaired) electrons. The van der Waals surface area contributed by atoms with Crippen LogP contribution in [0.15, 0.2) is 42.5 Å². The molecule has 0 spiro atoms. The van der Waals surface area contributed by atoms with Gasteiger partial charge in [0.2, 0.25) is 5.13 Å². The van der Waals surface area contributed by atoms with Gasteiger partial charge in [-0.25, -0.2) is 10.4 Å². The summed E-state index contributed by atoms with van der Waals surface area (Å²) in [4.78, 5) is 54.8. The summed E-state index contributed by atoms with van der Waals surface area (Å²) in [6.45, 7) is 6.43. The minimum absolute atomic E-state index is 0.0203. The maximum atomic E-state index is 13.3. The van der Waals surface area contributed by atoms with E-state index in [4.69, 9.17) is 14.5 Å². The van der Waals surface area contributed by atoms with E-state index in [0.29, 0.717) is 75.0 Å². The fourth-order valence-corrected chi connectivity index (χ4v) is 7.41. The molecule has 2 aromatic carbocycles. The van der Waals surface area contributed by atoms with Crippen LogP contribution in [0.1, 0.15) is 90.5 Å². The molecule has 2 aliphatic carbocycles. The van der Waals surface area contributed by atoms with Crippen molar-refractivity contribution in [2.45, 2.75) is 91.5 Å². The lowest BCUT2D eigenvalue weighted by Gasteiger charge is -2.27. The Bertz CT molecular complexity index is 1500. The van der Waals surface area contributed by atoms with Gasteiger partial charge in [-0.3, -0.25) is 24.2 Å². The highest BCUT2D eigenvalue weighted by atomic mass is 32.1. The number of hydrazine groups is 1. The molecule has 246 valence electrons. The number of hydrogen-bond donors (Lipinski definition) is 1. The predicted molar refractivity (Wildman–Crippen MR) is 179 cm³/mol. The van der Waals surface area contributed by atoms with Crippen LogP contribution in [0.5, 0.6) is 11.5 Å². The highest BCUT2D eigenvalue weighted by Crippen LogP contribution is 2.34. The number of nitrogens with zero attached hydrogens (tertiary/aromatic N) is 2. The van der Waals surface area contributed by atoms with Crippen LogP contribution in [0.25, 0.3) is 10.2 Å². The first kappa shape index (κ1) is 33.7. The summed E-state index contributed by atoms with van der Waals surface area (Å²) >= 11 is 1.61. The van der Waals surface area contributed by atoms with Crippen LogP contribution in [0.3, 0.4) is 0 Å². The van der Waals surface area contributed by atoms with Crippen LogP contribution in [-0.2, 0) is 25.7 Å². The summed E-state index contributed by atoms with van der Waals surface area (Å²) in [5, 5.41) is 2.88. The van der Waals surface area contributed by atoms with Gasteiger partial charge in [-0.15, -0.1) is 0 Å². The fourth-order valence-electron chi connectivity index (χ4n) is 6.43. The van der Waals surface area contributed by atoms with Gasteiger partial charge in [-0.05, 0) is 102 Å². The average molecular weight is 648 g/mol. The monoisotopic (exact) mass is 647 g/mol.